The van der Waals surface area contributed by atoms with Crippen LogP contribution in [0.4, 0.5) is 5.69 Å². The first-order valence-corrected chi connectivity index (χ1v) is 7.62. The van der Waals surface area contributed by atoms with Crippen LogP contribution in [-0.2, 0) is 10.0 Å². The van der Waals surface area contributed by atoms with Gasteiger partial charge in [-0.15, -0.1) is 0 Å². The minimum atomic E-state index is -3.37. The molecule has 0 amide bonds. The van der Waals surface area contributed by atoms with Crippen molar-refractivity contribution in [3.63, 3.8) is 0 Å². The van der Waals surface area contributed by atoms with E-state index in [0.717, 1.165) is 18.5 Å². The maximum Gasteiger partial charge on any atom is 0.243 e. The fourth-order valence-electron chi connectivity index (χ4n) is 2.45. The third-order valence-electron chi connectivity index (χ3n) is 3.56. The van der Waals surface area contributed by atoms with Crippen molar-refractivity contribution in [3.05, 3.63) is 24.3 Å². The van der Waals surface area contributed by atoms with Gasteiger partial charge in [-0.3, -0.25) is 0 Å². The van der Waals surface area contributed by atoms with Crippen molar-refractivity contribution < 1.29 is 8.42 Å². The molecule has 0 unspecified atom stereocenters. The Kier molecular flexibility index (Phi) is 3.38. The quantitative estimate of drug-likeness (QED) is 0.915. The van der Waals surface area contributed by atoms with Gasteiger partial charge in [0.2, 0.25) is 10.0 Å². The maximum absolute atomic E-state index is 12.6. The van der Waals surface area contributed by atoms with Crippen LogP contribution in [0.5, 0.6) is 0 Å². The summed E-state index contributed by atoms with van der Waals surface area (Å²) < 4.78 is 26.7. The smallest absolute Gasteiger partial charge is 0.243 e. The topological polar surface area (TPSA) is 49.4 Å². The Morgan fingerprint density at radius 2 is 1.83 bits per heavy atom. The predicted octanol–water partition coefficient (Wildman–Crippen LogP) is 2.29. The molecule has 100 valence electrons. The van der Waals surface area contributed by atoms with Crippen molar-refractivity contribution in [3.8, 4) is 0 Å². The summed E-state index contributed by atoms with van der Waals surface area (Å²) in [5.41, 5.74) is 0.634. The number of hydrogen-bond acceptors (Lipinski definition) is 3. The van der Waals surface area contributed by atoms with Gasteiger partial charge in [-0.25, -0.2) is 8.42 Å². The molecule has 1 heterocycles. The lowest BCUT2D eigenvalue weighted by molar-refractivity contribution is 0.292. The van der Waals surface area contributed by atoms with Crippen molar-refractivity contribution in [2.45, 2.75) is 37.1 Å². The minimum Gasteiger partial charge on any atom is -0.388 e. The van der Waals surface area contributed by atoms with E-state index in [-0.39, 0.29) is 5.54 Å². The summed E-state index contributed by atoms with van der Waals surface area (Å²) in [5.74, 6) is 0. The van der Waals surface area contributed by atoms with Crippen LogP contribution in [0.25, 0.3) is 0 Å². The van der Waals surface area contributed by atoms with E-state index in [1.807, 2.05) is 20.9 Å². The molecule has 1 aromatic rings. The molecule has 1 aliphatic heterocycles. The van der Waals surface area contributed by atoms with E-state index in [2.05, 4.69) is 5.32 Å². The first-order chi connectivity index (χ1) is 8.38. The normalized spacial score (nSPS) is 19.9. The number of nitrogens with zero attached hydrogens (tertiary/aromatic N) is 1. The zero-order chi connectivity index (χ0) is 13.4. The predicted molar refractivity (Wildman–Crippen MR) is 73.2 cm³/mol. The Bertz CT molecular complexity index is 520. The molecule has 0 bridgehead atoms. The Morgan fingerprint density at radius 3 is 2.28 bits per heavy atom. The van der Waals surface area contributed by atoms with Crippen molar-refractivity contribution in [2.75, 3.05) is 18.9 Å². The molecule has 4 nitrogen and oxygen atoms in total. The first-order valence-electron chi connectivity index (χ1n) is 6.18. The molecule has 0 atom stereocenters. The van der Waals surface area contributed by atoms with Gasteiger partial charge in [0, 0.05) is 24.8 Å². The van der Waals surface area contributed by atoms with Gasteiger partial charge in [-0.1, -0.05) is 0 Å². The van der Waals surface area contributed by atoms with Crippen LogP contribution in [0.3, 0.4) is 0 Å². The highest BCUT2D eigenvalue weighted by molar-refractivity contribution is 7.89. The molecule has 0 aliphatic carbocycles. The lowest BCUT2D eigenvalue weighted by Crippen LogP contribution is -2.42. The third kappa shape index (κ3) is 2.24. The van der Waals surface area contributed by atoms with Gasteiger partial charge in [0.25, 0.3) is 0 Å². The van der Waals surface area contributed by atoms with Crippen molar-refractivity contribution >= 4 is 15.7 Å². The summed E-state index contributed by atoms with van der Waals surface area (Å²) in [4.78, 5) is 0.372. The van der Waals surface area contributed by atoms with E-state index < -0.39 is 10.0 Å². The minimum absolute atomic E-state index is 0.277. The average molecular weight is 268 g/mol. The molecule has 1 aromatic carbocycles. The summed E-state index contributed by atoms with van der Waals surface area (Å²) >= 11 is 0. The van der Waals surface area contributed by atoms with E-state index in [1.165, 1.54) is 0 Å². The highest BCUT2D eigenvalue weighted by Gasteiger charge is 2.40. The molecule has 18 heavy (non-hydrogen) atoms. The monoisotopic (exact) mass is 268 g/mol. The number of rotatable bonds is 3. The number of benzene rings is 1. The van der Waals surface area contributed by atoms with Gasteiger partial charge in [-0.2, -0.15) is 4.31 Å². The third-order valence-corrected chi connectivity index (χ3v) is 5.68. The molecule has 0 radical (unpaired) electrons. The summed E-state index contributed by atoms with van der Waals surface area (Å²) in [6.07, 6.45) is 1.85. The van der Waals surface area contributed by atoms with E-state index in [1.54, 1.807) is 28.6 Å². The number of hydrogen-bond donors (Lipinski definition) is 1. The molecule has 0 saturated carbocycles. The van der Waals surface area contributed by atoms with E-state index in [0.29, 0.717) is 11.4 Å². The average Bonchev–Trinajstić information content (AvgIpc) is 2.69. The van der Waals surface area contributed by atoms with Gasteiger partial charge in [-0.05, 0) is 51.0 Å². The van der Waals surface area contributed by atoms with Gasteiger partial charge < -0.3 is 5.32 Å². The molecule has 5 heteroatoms. The van der Waals surface area contributed by atoms with Crippen LogP contribution in [0.15, 0.2) is 29.2 Å². The number of nitrogens with one attached hydrogen (secondary N) is 1. The highest BCUT2D eigenvalue weighted by atomic mass is 32.2. The lowest BCUT2D eigenvalue weighted by Gasteiger charge is -2.30. The fraction of sp³-hybridized carbons (Fsp3) is 0.538. The molecule has 1 saturated heterocycles. The standard InChI is InChI=1S/C13H20N2O2S/c1-13(2)9-4-10-15(13)18(16,17)12-7-5-11(14-3)6-8-12/h5-8,14H,4,9-10H2,1-3H3. The molecule has 1 N–H and O–H groups in total. The van der Waals surface area contributed by atoms with Gasteiger partial charge >= 0.3 is 0 Å². The number of anilines is 1. The van der Waals surface area contributed by atoms with Gasteiger partial charge in [0.1, 0.15) is 0 Å². The Hall–Kier alpha value is -1.07. The first kappa shape index (κ1) is 13.4. The van der Waals surface area contributed by atoms with Crippen LogP contribution in [0, 0.1) is 0 Å². The molecular weight excluding hydrogens is 248 g/mol. The van der Waals surface area contributed by atoms with Gasteiger partial charge in [0.15, 0.2) is 0 Å². The Balaban J connectivity index is 2.36. The van der Waals surface area contributed by atoms with Crippen molar-refractivity contribution in [1.82, 2.24) is 4.31 Å². The zero-order valence-electron chi connectivity index (χ0n) is 11.1. The van der Waals surface area contributed by atoms with Crippen LogP contribution in [0.2, 0.25) is 0 Å². The van der Waals surface area contributed by atoms with Crippen molar-refractivity contribution in [1.29, 1.82) is 0 Å². The fourth-order valence-corrected chi connectivity index (χ4v) is 4.29. The summed E-state index contributed by atoms with van der Waals surface area (Å²) in [6.45, 7) is 4.59. The molecule has 2 rings (SSSR count). The number of sulfonamides is 1. The van der Waals surface area contributed by atoms with E-state index in [9.17, 15) is 8.42 Å². The zero-order valence-corrected chi connectivity index (χ0v) is 11.9. The van der Waals surface area contributed by atoms with Crippen LogP contribution in [0.1, 0.15) is 26.7 Å². The summed E-state index contributed by atoms with van der Waals surface area (Å²) in [7, 11) is -1.55. The largest absolute Gasteiger partial charge is 0.388 e. The van der Waals surface area contributed by atoms with Crippen LogP contribution >= 0.6 is 0 Å². The molecule has 0 aromatic heterocycles. The van der Waals surface area contributed by atoms with E-state index >= 15 is 0 Å². The van der Waals surface area contributed by atoms with Gasteiger partial charge in [0.05, 0.1) is 4.90 Å². The molecule has 1 aliphatic rings. The molecule has 1 fully saturated rings. The second kappa shape index (κ2) is 4.55. The van der Waals surface area contributed by atoms with Crippen LogP contribution < -0.4 is 5.32 Å². The Morgan fingerprint density at radius 1 is 1.22 bits per heavy atom. The second-order valence-electron chi connectivity index (χ2n) is 5.27. The van der Waals surface area contributed by atoms with E-state index in [4.69, 9.17) is 0 Å². The van der Waals surface area contributed by atoms with Crippen molar-refractivity contribution in [2.24, 2.45) is 0 Å². The summed E-state index contributed by atoms with van der Waals surface area (Å²) in [5, 5.41) is 2.98. The summed E-state index contributed by atoms with van der Waals surface area (Å²) in [6, 6.07) is 6.90. The van der Waals surface area contributed by atoms with Crippen LogP contribution in [-0.4, -0.2) is 31.9 Å². The lowest BCUT2D eigenvalue weighted by atomic mass is 10.0. The Labute approximate surface area is 109 Å². The SMILES string of the molecule is CNc1ccc(S(=O)(=O)N2CCCC2(C)C)cc1. The molecule has 0 spiro atoms. The second-order valence-corrected chi connectivity index (χ2v) is 7.13. The molecular formula is C13H20N2O2S. The maximum atomic E-state index is 12.6. The highest BCUT2D eigenvalue weighted by Crippen LogP contribution is 2.34.